The zero-order valence-electron chi connectivity index (χ0n) is 14.3. The zero-order valence-corrected chi connectivity index (χ0v) is 15.1. The zero-order chi connectivity index (χ0) is 17.6. The second-order valence-electron chi connectivity index (χ2n) is 6.86. The van der Waals surface area contributed by atoms with E-state index in [-0.39, 0.29) is 17.7 Å². The number of likely N-dealkylation sites (tertiary alicyclic amines) is 1. The summed E-state index contributed by atoms with van der Waals surface area (Å²) in [6.07, 6.45) is 2.08. The number of aryl methyl sites for hydroxylation is 1. The summed E-state index contributed by atoms with van der Waals surface area (Å²) < 4.78 is 31.6. The Morgan fingerprint density at radius 3 is 2.52 bits per heavy atom. The van der Waals surface area contributed by atoms with Crippen molar-refractivity contribution < 1.29 is 17.6 Å². The van der Waals surface area contributed by atoms with Crippen LogP contribution in [-0.2, 0) is 10.0 Å². The van der Waals surface area contributed by atoms with Gasteiger partial charge < -0.3 is 9.32 Å². The van der Waals surface area contributed by atoms with Gasteiger partial charge in [-0.15, -0.1) is 0 Å². The van der Waals surface area contributed by atoms with Gasteiger partial charge in [-0.25, -0.2) is 8.42 Å². The normalized spacial score (nSPS) is 21.9. The molecule has 2 aromatic rings. The molecule has 7 heteroatoms. The van der Waals surface area contributed by atoms with E-state index in [1.807, 2.05) is 31.2 Å². The van der Waals surface area contributed by atoms with E-state index in [0.717, 1.165) is 16.5 Å². The van der Waals surface area contributed by atoms with Gasteiger partial charge in [-0.3, -0.25) is 4.79 Å². The van der Waals surface area contributed by atoms with Gasteiger partial charge in [0, 0.05) is 36.6 Å². The molecule has 2 saturated heterocycles. The van der Waals surface area contributed by atoms with Crippen LogP contribution in [0.3, 0.4) is 0 Å². The van der Waals surface area contributed by atoms with Crippen LogP contribution in [-0.4, -0.2) is 55.0 Å². The van der Waals surface area contributed by atoms with E-state index in [1.54, 1.807) is 9.21 Å². The van der Waals surface area contributed by atoms with Crippen molar-refractivity contribution in [2.24, 2.45) is 0 Å². The average Bonchev–Trinajstić information content (AvgIpc) is 3.14. The van der Waals surface area contributed by atoms with Crippen LogP contribution in [0.15, 0.2) is 28.7 Å². The lowest BCUT2D eigenvalue weighted by Crippen LogP contribution is -2.47. The third-order valence-corrected chi connectivity index (χ3v) is 7.33. The molecule has 0 aliphatic carbocycles. The summed E-state index contributed by atoms with van der Waals surface area (Å²) in [7, 11) is -3.09. The number of carbonyl (C=O) groups excluding carboxylic acids is 1. The summed E-state index contributed by atoms with van der Waals surface area (Å²) in [5, 5.41) is 0.962. The third kappa shape index (κ3) is 2.85. The topological polar surface area (TPSA) is 70.8 Å². The SMILES string of the molecule is Cc1c(C(=O)N2CCC(N3CCCS3(=O)=O)CC2)oc2ccccc12. The largest absolute Gasteiger partial charge is 0.451 e. The van der Waals surface area contributed by atoms with Crippen LogP contribution in [0.4, 0.5) is 0 Å². The summed E-state index contributed by atoms with van der Waals surface area (Å²) in [6, 6.07) is 7.66. The summed E-state index contributed by atoms with van der Waals surface area (Å²) in [4.78, 5) is 14.6. The molecule has 2 fully saturated rings. The summed E-state index contributed by atoms with van der Waals surface area (Å²) in [5.74, 6) is 0.550. The highest BCUT2D eigenvalue weighted by molar-refractivity contribution is 7.89. The summed E-state index contributed by atoms with van der Waals surface area (Å²) in [5.41, 5.74) is 1.59. The molecule has 1 aromatic carbocycles. The minimum atomic E-state index is -3.09. The fourth-order valence-electron chi connectivity index (χ4n) is 3.95. The molecule has 1 aromatic heterocycles. The van der Waals surface area contributed by atoms with Crippen molar-refractivity contribution in [2.45, 2.75) is 32.2 Å². The number of nitrogens with zero attached hydrogens (tertiary/aromatic N) is 2. The first kappa shape index (κ1) is 16.6. The fourth-order valence-corrected chi connectivity index (χ4v) is 5.75. The Morgan fingerprint density at radius 2 is 1.88 bits per heavy atom. The minimum Gasteiger partial charge on any atom is -0.451 e. The molecule has 0 N–H and O–H groups in total. The van der Waals surface area contributed by atoms with Crippen LogP contribution in [0.25, 0.3) is 11.0 Å². The summed E-state index contributed by atoms with van der Waals surface area (Å²) >= 11 is 0. The first-order chi connectivity index (χ1) is 12.0. The molecular weight excluding hydrogens is 340 g/mol. The van der Waals surface area contributed by atoms with Crippen LogP contribution in [0, 0.1) is 6.92 Å². The van der Waals surface area contributed by atoms with Crippen molar-refractivity contribution in [3.8, 4) is 0 Å². The number of hydrogen-bond donors (Lipinski definition) is 0. The van der Waals surface area contributed by atoms with Gasteiger partial charge in [-0.05, 0) is 32.3 Å². The van der Waals surface area contributed by atoms with E-state index in [2.05, 4.69) is 0 Å². The molecule has 0 unspecified atom stereocenters. The van der Waals surface area contributed by atoms with Crippen molar-refractivity contribution in [2.75, 3.05) is 25.4 Å². The van der Waals surface area contributed by atoms with Gasteiger partial charge in [-0.2, -0.15) is 4.31 Å². The highest BCUT2D eigenvalue weighted by atomic mass is 32.2. The molecule has 2 aliphatic heterocycles. The van der Waals surface area contributed by atoms with Crippen LogP contribution < -0.4 is 0 Å². The fraction of sp³-hybridized carbons (Fsp3) is 0.500. The predicted molar refractivity (Wildman–Crippen MR) is 95.0 cm³/mol. The molecule has 1 amide bonds. The second kappa shape index (κ2) is 6.14. The molecule has 6 nitrogen and oxygen atoms in total. The molecular formula is C18H22N2O4S. The smallest absolute Gasteiger partial charge is 0.289 e. The molecule has 0 spiro atoms. The van der Waals surface area contributed by atoms with E-state index >= 15 is 0 Å². The highest BCUT2D eigenvalue weighted by Gasteiger charge is 2.37. The Morgan fingerprint density at radius 1 is 1.16 bits per heavy atom. The molecule has 0 radical (unpaired) electrons. The number of carbonyl (C=O) groups is 1. The number of piperidine rings is 1. The van der Waals surface area contributed by atoms with E-state index in [0.29, 0.717) is 44.7 Å². The van der Waals surface area contributed by atoms with Gasteiger partial charge >= 0.3 is 0 Å². The van der Waals surface area contributed by atoms with Crippen molar-refractivity contribution in [3.63, 3.8) is 0 Å². The monoisotopic (exact) mass is 362 g/mol. The molecule has 0 bridgehead atoms. The Labute approximate surface area is 147 Å². The predicted octanol–water partition coefficient (Wildman–Crippen LogP) is 2.38. The van der Waals surface area contributed by atoms with E-state index in [1.165, 1.54) is 0 Å². The number of furan rings is 1. The van der Waals surface area contributed by atoms with Crippen LogP contribution in [0.2, 0.25) is 0 Å². The number of para-hydroxylation sites is 1. The van der Waals surface area contributed by atoms with Gasteiger partial charge in [0.15, 0.2) is 5.76 Å². The van der Waals surface area contributed by atoms with Gasteiger partial charge in [0.2, 0.25) is 10.0 Å². The summed E-state index contributed by atoms with van der Waals surface area (Å²) in [6.45, 7) is 3.64. The Balaban J connectivity index is 1.48. The third-order valence-electron chi connectivity index (χ3n) is 5.33. The quantitative estimate of drug-likeness (QED) is 0.822. The Hall–Kier alpha value is -1.86. The van der Waals surface area contributed by atoms with Crippen molar-refractivity contribution in [3.05, 3.63) is 35.6 Å². The maximum absolute atomic E-state index is 12.8. The molecule has 0 saturated carbocycles. The number of benzene rings is 1. The van der Waals surface area contributed by atoms with Crippen LogP contribution >= 0.6 is 0 Å². The van der Waals surface area contributed by atoms with E-state index in [9.17, 15) is 13.2 Å². The lowest BCUT2D eigenvalue weighted by molar-refractivity contribution is 0.0651. The van der Waals surface area contributed by atoms with Gasteiger partial charge in [0.25, 0.3) is 5.91 Å². The first-order valence-corrected chi connectivity index (χ1v) is 10.4. The van der Waals surface area contributed by atoms with Gasteiger partial charge in [0.1, 0.15) is 5.58 Å². The number of hydrogen-bond acceptors (Lipinski definition) is 4. The second-order valence-corrected chi connectivity index (χ2v) is 8.90. The molecule has 25 heavy (non-hydrogen) atoms. The first-order valence-electron chi connectivity index (χ1n) is 8.74. The van der Waals surface area contributed by atoms with Crippen LogP contribution in [0.5, 0.6) is 0 Å². The minimum absolute atomic E-state index is 0.0216. The maximum atomic E-state index is 12.8. The van der Waals surface area contributed by atoms with Crippen molar-refractivity contribution in [1.82, 2.24) is 9.21 Å². The molecule has 4 rings (SSSR count). The Kier molecular flexibility index (Phi) is 4.08. The highest BCUT2D eigenvalue weighted by Crippen LogP contribution is 2.28. The number of rotatable bonds is 2. The number of sulfonamides is 1. The lowest BCUT2D eigenvalue weighted by atomic mass is 10.0. The molecule has 0 atom stereocenters. The number of amides is 1. The van der Waals surface area contributed by atoms with Crippen molar-refractivity contribution in [1.29, 1.82) is 0 Å². The number of fused-ring (bicyclic) bond motifs is 1. The van der Waals surface area contributed by atoms with E-state index in [4.69, 9.17) is 4.42 Å². The Bertz CT molecular complexity index is 910. The average molecular weight is 362 g/mol. The lowest BCUT2D eigenvalue weighted by Gasteiger charge is -2.35. The van der Waals surface area contributed by atoms with Crippen LogP contribution in [0.1, 0.15) is 35.4 Å². The maximum Gasteiger partial charge on any atom is 0.289 e. The standard InChI is InChI=1S/C18H22N2O4S/c1-13-15-5-2-3-6-16(15)24-17(13)18(21)19-10-7-14(8-11-19)20-9-4-12-25(20,22)23/h2-3,5-6,14H,4,7-12H2,1H3. The van der Waals surface area contributed by atoms with Gasteiger partial charge in [-0.1, -0.05) is 18.2 Å². The van der Waals surface area contributed by atoms with E-state index < -0.39 is 10.0 Å². The van der Waals surface area contributed by atoms with Gasteiger partial charge in [0.05, 0.1) is 5.75 Å². The van der Waals surface area contributed by atoms with Crippen molar-refractivity contribution >= 4 is 26.9 Å². The molecule has 3 heterocycles. The molecule has 2 aliphatic rings. The molecule has 134 valence electrons.